The Hall–Kier alpha value is -1.42. The van der Waals surface area contributed by atoms with Gasteiger partial charge in [0.05, 0.1) is 4.70 Å². The Balaban J connectivity index is 2.16. The molecule has 3 heteroatoms. The largest absolute Gasteiger partial charge is 0.142 e. The molecule has 19 heavy (non-hydrogen) atoms. The smallest absolute Gasteiger partial charge is 0.0529 e. The van der Waals surface area contributed by atoms with E-state index in [1.807, 2.05) is 34.0 Å². The molecule has 5 aromatic rings. The molecule has 0 atom stereocenters. The summed E-state index contributed by atoms with van der Waals surface area (Å²) in [5.74, 6) is 0. The molecule has 0 spiro atoms. The summed E-state index contributed by atoms with van der Waals surface area (Å²) in [6.07, 6.45) is 0. The van der Waals surface area contributed by atoms with Gasteiger partial charge < -0.3 is 0 Å². The van der Waals surface area contributed by atoms with Crippen LogP contribution in [0.4, 0.5) is 0 Å². The van der Waals surface area contributed by atoms with Gasteiger partial charge in [-0.1, -0.05) is 24.3 Å². The topological polar surface area (TPSA) is 0 Å². The lowest BCUT2D eigenvalue weighted by Gasteiger charge is -1.94. The van der Waals surface area contributed by atoms with Crippen molar-refractivity contribution in [2.45, 2.75) is 0 Å². The van der Waals surface area contributed by atoms with Gasteiger partial charge in [-0.2, -0.15) is 0 Å². The molecule has 0 aliphatic carbocycles. The van der Waals surface area contributed by atoms with E-state index in [4.69, 9.17) is 0 Å². The molecule has 0 radical (unpaired) electrons. The minimum atomic E-state index is 1.39. The lowest BCUT2D eigenvalue weighted by atomic mass is 10.1. The highest BCUT2D eigenvalue weighted by Gasteiger charge is 2.13. The number of benzene rings is 2. The van der Waals surface area contributed by atoms with E-state index in [2.05, 4.69) is 47.8 Å². The molecule has 0 saturated heterocycles. The first-order valence-electron chi connectivity index (χ1n) is 6.12. The first-order valence-corrected chi connectivity index (χ1v) is 8.63. The van der Waals surface area contributed by atoms with Gasteiger partial charge in [0.25, 0.3) is 0 Å². The van der Waals surface area contributed by atoms with E-state index in [0.29, 0.717) is 0 Å². The fourth-order valence-electron chi connectivity index (χ4n) is 2.75. The third kappa shape index (κ3) is 1.27. The lowest BCUT2D eigenvalue weighted by molar-refractivity contribution is 1.87. The van der Waals surface area contributed by atoms with Crippen LogP contribution in [0.15, 0.2) is 47.8 Å². The number of thiophene rings is 3. The minimum Gasteiger partial charge on any atom is -0.142 e. The van der Waals surface area contributed by atoms with Gasteiger partial charge in [-0.05, 0) is 23.6 Å². The molecule has 3 heterocycles. The highest BCUT2D eigenvalue weighted by molar-refractivity contribution is 7.33. The van der Waals surface area contributed by atoms with Crippen LogP contribution in [0.25, 0.3) is 39.7 Å². The SMILES string of the molecule is c1ccc2c(c1)sc1ccc3c4sccc4sc3c12. The van der Waals surface area contributed by atoms with E-state index < -0.39 is 0 Å². The van der Waals surface area contributed by atoms with E-state index in [-0.39, 0.29) is 0 Å². The van der Waals surface area contributed by atoms with Crippen LogP contribution in [0.3, 0.4) is 0 Å². The number of rotatable bonds is 0. The summed E-state index contributed by atoms with van der Waals surface area (Å²) in [6, 6.07) is 15.6. The Morgan fingerprint density at radius 1 is 0.632 bits per heavy atom. The van der Waals surface area contributed by atoms with E-state index in [1.165, 1.54) is 39.7 Å². The second-order valence-electron chi connectivity index (χ2n) is 4.63. The van der Waals surface area contributed by atoms with Gasteiger partial charge in [-0.25, -0.2) is 0 Å². The van der Waals surface area contributed by atoms with Crippen molar-refractivity contribution in [1.82, 2.24) is 0 Å². The fraction of sp³-hybridized carbons (Fsp3) is 0. The Bertz CT molecular complexity index is 1060. The summed E-state index contributed by atoms with van der Waals surface area (Å²) in [5, 5.41) is 6.47. The molecule has 5 rings (SSSR count). The Kier molecular flexibility index (Phi) is 1.95. The summed E-state index contributed by atoms with van der Waals surface area (Å²) in [6.45, 7) is 0. The van der Waals surface area contributed by atoms with Crippen molar-refractivity contribution in [3.8, 4) is 0 Å². The van der Waals surface area contributed by atoms with Crippen molar-refractivity contribution >= 4 is 73.7 Å². The molecule has 0 N–H and O–H groups in total. The molecule has 0 aliphatic heterocycles. The van der Waals surface area contributed by atoms with Crippen molar-refractivity contribution < 1.29 is 0 Å². The van der Waals surface area contributed by atoms with Crippen molar-refractivity contribution in [2.24, 2.45) is 0 Å². The van der Waals surface area contributed by atoms with E-state index >= 15 is 0 Å². The Morgan fingerprint density at radius 2 is 1.58 bits per heavy atom. The van der Waals surface area contributed by atoms with Gasteiger partial charge in [0.15, 0.2) is 0 Å². The van der Waals surface area contributed by atoms with Crippen molar-refractivity contribution in [1.29, 1.82) is 0 Å². The maximum atomic E-state index is 2.29. The zero-order chi connectivity index (χ0) is 12.4. The molecule has 0 nitrogen and oxygen atoms in total. The lowest BCUT2D eigenvalue weighted by Crippen LogP contribution is -1.67. The standard InChI is InChI=1S/C16H8S3/c1-2-4-11-9(3-1)14-12(18-11)6-5-10-15-13(7-8-17-15)19-16(10)14/h1-8H. The van der Waals surface area contributed by atoms with E-state index in [0.717, 1.165) is 0 Å². The van der Waals surface area contributed by atoms with Crippen LogP contribution in [-0.2, 0) is 0 Å². The van der Waals surface area contributed by atoms with Crippen molar-refractivity contribution in [2.75, 3.05) is 0 Å². The second-order valence-corrected chi connectivity index (χ2v) is 7.68. The van der Waals surface area contributed by atoms with Crippen LogP contribution in [0, 0.1) is 0 Å². The van der Waals surface area contributed by atoms with Crippen LogP contribution in [-0.4, -0.2) is 0 Å². The van der Waals surface area contributed by atoms with Crippen molar-refractivity contribution in [3.63, 3.8) is 0 Å². The first kappa shape index (κ1) is 10.4. The van der Waals surface area contributed by atoms with Crippen LogP contribution >= 0.6 is 34.0 Å². The molecule has 90 valence electrons. The molecule has 0 saturated carbocycles. The molecule has 3 aromatic heterocycles. The van der Waals surface area contributed by atoms with Gasteiger partial charge in [0, 0.05) is 35.0 Å². The first-order chi connectivity index (χ1) is 9.42. The fourth-order valence-corrected chi connectivity index (χ4v) is 6.33. The highest BCUT2D eigenvalue weighted by Crippen LogP contribution is 2.45. The molecular formula is C16H8S3. The zero-order valence-corrected chi connectivity index (χ0v) is 12.3. The molecular weight excluding hydrogens is 288 g/mol. The van der Waals surface area contributed by atoms with Gasteiger partial charge in [-0.15, -0.1) is 34.0 Å². The highest BCUT2D eigenvalue weighted by atomic mass is 32.1. The average molecular weight is 296 g/mol. The predicted molar refractivity (Wildman–Crippen MR) is 90.1 cm³/mol. The average Bonchev–Trinajstić information content (AvgIpc) is 3.08. The summed E-state index contributed by atoms with van der Waals surface area (Å²) in [4.78, 5) is 0. The van der Waals surface area contributed by atoms with Crippen LogP contribution in [0.1, 0.15) is 0 Å². The molecule has 0 amide bonds. The zero-order valence-electron chi connectivity index (χ0n) is 9.84. The van der Waals surface area contributed by atoms with Gasteiger partial charge >= 0.3 is 0 Å². The summed E-state index contributed by atoms with van der Waals surface area (Å²) in [7, 11) is 0. The number of fused-ring (bicyclic) bond motifs is 7. The van der Waals surface area contributed by atoms with Gasteiger partial charge in [0.1, 0.15) is 0 Å². The molecule has 0 unspecified atom stereocenters. The molecule has 2 aromatic carbocycles. The predicted octanol–water partition coefficient (Wildman–Crippen LogP) is 6.48. The Labute approximate surface area is 121 Å². The Morgan fingerprint density at radius 3 is 2.58 bits per heavy atom. The van der Waals surface area contributed by atoms with Crippen LogP contribution in [0.2, 0.25) is 0 Å². The van der Waals surface area contributed by atoms with E-state index in [9.17, 15) is 0 Å². The third-order valence-electron chi connectivity index (χ3n) is 3.58. The monoisotopic (exact) mass is 296 g/mol. The summed E-state index contributed by atoms with van der Waals surface area (Å²) >= 11 is 5.69. The van der Waals surface area contributed by atoms with Crippen molar-refractivity contribution in [3.05, 3.63) is 47.8 Å². The van der Waals surface area contributed by atoms with Crippen LogP contribution < -0.4 is 0 Å². The maximum Gasteiger partial charge on any atom is 0.0529 e. The molecule has 0 fully saturated rings. The summed E-state index contributed by atoms with van der Waals surface area (Å²) < 4.78 is 7.11. The number of hydrogen-bond acceptors (Lipinski definition) is 3. The second kappa shape index (κ2) is 3.57. The van der Waals surface area contributed by atoms with Gasteiger partial charge in [0.2, 0.25) is 0 Å². The maximum absolute atomic E-state index is 2.29. The van der Waals surface area contributed by atoms with Crippen LogP contribution in [0.5, 0.6) is 0 Å². The molecule has 0 aliphatic rings. The molecule has 0 bridgehead atoms. The number of hydrogen-bond donors (Lipinski definition) is 0. The quantitative estimate of drug-likeness (QED) is 0.306. The van der Waals surface area contributed by atoms with E-state index in [1.54, 1.807) is 0 Å². The van der Waals surface area contributed by atoms with Gasteiger partial charge in [-0.3, -0.25) is 0 Å². The summed E-state index contributed by atoms with van der Waals surface area (Å²) in [5.41, 5.74) is 0. The minimum absolute atomic E-state index is 1.39. The third-order valence-corrected chi connectivity index (χ3v) is 6.98. The normalized spacial score (nSPS) is 12.2.